The van der Waals surface area contributed by atoms with Gasteiger partial charge < -0.3 is 5.11 Å². The van der Waals surface area contributed by atoms with Crippen molar-refractivity contribution in [3.8, 4) is 0 Å². The fraction of sp³-hybridized carbons (Fsp3) is 0.368. The monoisotopic (exact) mass is 531 g/mol. The maximum Gasteiger partial charge on any atom is 0.435 e. The molecular weight excluding hydrogens is 519 g/mol. The van der Waals surface area contributed by atoms with Gasteiger partial charge in [-0.1, -0.05) is 36.4 Å². The summed E-state index contributed by atoms with van der Waals surface area (Å²) in [7, 11) is -4.75. The van der Waals surface area contributed by atoms with Gasteiger partial charge in [0.1, 0.15) is 10.6 Å². The zero-order chi connectivity index (χ0) is 26.2. The molecule has 1 heterocycles. The van der Waals surface area contributed by atoms with E-state index in [-0.39, 0.29) is 6.07 Å². The summed E-state index contributed by atoms with van der Waals surface area (Å²) in [6.07, 6.45) is -25.3. The van der Waals surface area contributed by atoms with Gasteiger partial charge in [-0.2, -0.15) is 57.2 Å². The highest BCUT2D eigenvalue weighted by Crippen LogP contribution is 2.72. The van der Waals surface area contributed by atoms with E-state index in [4.69, 9.17) is 0 Å². The summed E-state index contributed by atoms with van der Waals surface area (Å²) in [5.41, 5.74) is -14.1. The molecule has 34 heavy (non-hydrogen) atoms. The molecule has 0 aliphatic carbocycles. The third kappa shape index (κ3) is 3.40. The van der Waals surface area contributed by atoms with E-state index in [2.05, 4.69) is 4.52 Å². The van der Waals surface area contributed by atoms with Crippen molar-refractivity contribution in [2.45, 2.75) is 35.9 Å². The summed E-state index contributed by atoms with van der Waals surface area (Å²) >= 11 is 0. The molecule has 15 heteroatoms. The molecule has 0 aromatic heterocycles. The highest BCUT2D eigenvalue weighted by molar-refractivity contribution is 7.85. The van der Waals surface area contributed by atoms with E-state index in [0.29, 0.717) is 30.9 Å². The highest BCUT2D eigenvalue weighted by Gasteiger charge is 2.83. The maximum absolute atomic E-state index is 13.9. The molecule has 1 atom stereocenters. The van der Waals surface area contributed by atoms with Gasteiger partial charge in [0.2, 0.25) is 7.49 Å². The molecule has 2 aromatic carbocycles. The molecule has 1 aliphatic heterocycles. The molecular formula is C19H12F12O2P+. The largest absolute Gasteiger partial charge is 0.435 e. The van der Waals surface area contributed by atoms with Gasteiger partial charge in [-0.05, 0) is 12.1 Å². The minimum atomic E-state index is -6.44. The Balaban J connectivity index is 2.45. The van der Waals surface area contributed by atoms with E-state index in [1.54, 1.807) is 0 Å². The fourth-order valence-electron chi connectivity index (χ4n) is 3.88. The van der Waals surface area contributed by atoms with Crippen LogP contribution in [0.25, 0.3) is 0 Å². The number of benzene rings is 2. The normalized spacial score (nSPS) is 21.5. The molecule has 0 radical (unpaired) electrons. The van der Waals surface area contributed by atoms with Crippen LogP contribution in [-0.2, 0) is 15.7 Å². The second kappa shape index (κ2) is 7.47. The second-order valence-electron chi connectivity index (χ2n) is 7.43. The number of aliphatic hydroxyl groups is 1. The number of hydrogen-bond donors (Lipinski definition) is 1. The van der Waals surface area contributed by atoms with E-state index < -0.39 is 65.1 Å². The fourth-order valence-corrected chi connectivity index (χ4v) is 7.32. The van der Waals surface area contributed by atoms with Gasteiger partial charge >= 0.3 is 30.3 Å². The van der Waals surface area contributed by atoms with Crippen molar-refractivity contribution in [1.82, 2.24) is 0 Å². The minimum absolute atomic E-state index is 0.134. The van der Waals surface area contributed by atoms with Crippen LogP contribution in [0.1, 0.15) is 11.1 Å². The maximum atomic E-state index is 13.9. The molecule has 0 spiro atoms. The molecule has 3 rings (SSSR count). The van der Waals surface area contributed by atoms with Gasteiger partial charge in [0, 0.05) is 5.56 Å². The topological polar surface area (TPSA) is 29.5 Å². The van der Waals surface area contributed by atoms with Crippen LogP contribution in [0.15, 0.2) is 48.5 Å². The summed E-state index contributed by atoms with van der Waals surface area (Å²) in [4.78, 5) is 0. The predicted octanol–water partition coefficient (Wildman–Crippen LogP) is 5.86. The average molecular weight is 531 g/mol. The van der Waals surface area contributed by atoms with Crippen molar-refractivity contribution >= 4 is 18.1 Å². The van der Waals surface area contributed by atoms with Gasteiger partial charge in [0.05, 0.1) is 12.2 Å². The standard InChI is InChI=1S/C19H12F12O2P/c1-34(12-8-4-2-6-10(12)14(32,16(20,21)22)17(23,24)25)13-9-5-3-7-11(13)15(33-34,18(26,27)28)19(29,30)31/h2-9,32H,1H3/q+1. The first-order valence-electron chi connectivity index (χ1n) is 8.93. The molecule has 2 aromatic rings. The first-order chi connectivity index (χ1) is 15.2. The minimum Gasteiger partial charge on any atom is -0.369 e. The Morgan fingerprint density at radius 3 is 1.53 bits per heavy atom. The second-order valence-corrected chi connectivity index (χ2v) is 10.4. The first kappa shape index (κ1) is 26.6. The third-order valence-electron chi connectivity index (χ3n) is 5.43. The smallest absolute Gasteiger partial charge is 0.369 e. The highest BCUT2D eigenvalue weighted by atomic mass is 31.2. The van der Waals surface area contributed by atoms with Crippen LogP contribution in [-0.4, -0.2) is 36.5 Å². The summed E-state index contributed by atoms with van der Waals surface area (Å²) in [5, 5.41) is 7.72. The lowest BCUT2D eigenvalue weighted by Gasteiger charge is -2.35. The lowest BCUT2D eigenvalue weighted by molar-refractivity contribution is -0.376. The number of hydrogen-bond acceptors (Lipinski definition) is 2. The first-order valence-corrected chi connectivity index (χ1v) is 11.1. The number of fused-ring (bicyclic) bond motifs is 1. The molecule has 0 bridgehead atoms. The Hall–Kier alpha value is -2.05. The lowest BCUT2D eigenvalue weighted by atomic mass is 9.92. The molecule has 0 amide bonds. The van der Waals surface area contributed by atoms with E-state index in [0.717, 1.165) is 18.2 Å². The Morgan fingerprint density at radius 1 is 0.676 bits per heavy atom. The van der Waals surface area contributed by atoms with Crippen molar-refractivity contribution in [2.24, 2.45) is 0 Å². The lowest BCUT2D eigenvalue weighted by Crippen LogP contribution is -2.56. The summed E-state index contributed by atoms with van der Waals surface area (Å²) in [6, 6.07) is 4.90. The van der Waals surface area contributed by atoms with Crippen LogP contribution >= 0.6 is 7.49 Å². The number of halogens is 12. The molecule has 0 saturated carbocycles. The Kier molecular flexibility index (Phi) is 5.84. The molecule has 1 N–H and O–H groups in total. The van der Waals surface area contributed by atoms with Crippen LogP contribution in [0.4, 0.5) is 52.7 Å². The van der Waals surface area contributed by atoms with Crippen LogP contribution in [0.5, 0.6) is 0 Å². The SMILES string of the molecule is C[P+]1(c2ccccc2C(O)(C(F)(F)F)C(F)(F)F)OC(C(F)(F)F)(C(F)(F)F)c2ccccc21. The van der Waals surface area contributed by atoms with Gasteiger partial charge in [0.15, 0.2) is 0 Å². The van der Waals surface area contributed by atoms with Gasteiger partial charge in [-0.3, -0.25) is 0 Å². The third-order valence-corrected chi connectivity index (χ3v) is 8.69. The quantitative estimate of drug-likeness (QED) is 0.389. The molecule has 1 aliphatic rings. The zero-order valence-electron chi connectivity index (χ0n) is 16.5. The molecule has 0 saturated heterocycles. The zero-order valence-corrected chi connectivity index (χ0v) is 17.4. The van der Waals surface area contributed by atoms with Crippen molar-refractivity contribution in [1.29, 1.82) is 0 Å². The van der Waals surface area contributed by atoms with Crippen LogP contribution in [0, 0.1) is 0 Å². The van der Waals surface area contributed by atoms with E-state index in [9.17, 15) is 57.8 Å². The van der Waals surface area contributed by atoms with Crippen LogP contribution < -0.4 is 10.6 Å². The summed E-state index contributed by atoms with van der Waals surface area (Å²) in [6.45, 7) is 0.580. The van der Waals surface area contributed by atoms with Crippen LogP contribution in [0.3, 0.4) is 0 Å². The summed E-state index contributed by atoms with van der Waals surface area (Å²) < 4.78 is 169. The Bertz CT molecular complexity index is 1060. The van der Waals surface area contributed by atoms with Gasteiger partial charge in [-0.15, -0.1) is 0 Å². The van der Waals surface area contributed by atoms with Gasteiger partial charge in [0.25, 0.3) is 5.60 Å². The Labute approximate surface area is 183 Å². The molecule has 2 nitrogen and oxygen atoms in total. The van der Waals surface area contributed by atoms with E-state index in [1.807, 2.05) is 0 Å². The molecule has 0 fully saturated rings. The average Bonchev–Trinajstić information content (AvgIpc) is 2.97. The predicted molar refractivity (Wildman–Crippen MR) is 95.9 cm³/mol. The van der Waals surface area contributed by atoms with Crippen molar-refractivity contribution in [3.05, 3.63) is 59.7 Å². The Morgan fingerprint density at radius 2 is 1.09 bits per heavy atom. The molecule has 1 unspecified atom stereocenters. The van der Waals surface area contributed by atoms with Crippen LogP contribution in [0.2, 0.25) is 0 Å². The molecule has 188 valence electrons. The van der Waals surface area contributed by atoms with Crippen molar-refractivity contribution in [2.75, 3.05) is 6.66 Å². The van der Waals surface area contributed by atoms with Crippen molar-refractivity contribution < 1.29 is 62.3 Å². The summed E-state index contributed by atoms with van der Waals surface area (Å²) in [5.74, 6) is 0. The number of rotatable bonds is 2. The van der Waals surface area contributed by atoms with E-state index in [1.165, 1.54) is 0 Å². The van der Waals surface area contributed by atoms with E-state index >= 15 is 0 Å². The number of alkyl halides is 12. The van der Waals surface area contributed by atoms with Gasteiger partial charge in [-0.25, -0.2) is 0 Å². The van der Waals surface area contributed by atoms with Crippen molar-refractivity contribution in [3.63, 3.8) is 0 Å².